The molecule has 0 amide bonds. The molecule has 0 bridgehead atoms. The van der Waals surface area contributed by atoms with Gasteiger partial charge in [-0.2, -0.15) is 0 Å². The smallest absolute Gasteiger partial charge is 0.168 e. The van der Waals surface area contributed by atoms with Crippen LogP contribution >= 0.6 is 22.7 Å². The quantitative estimate of drug-likeness (QED) is 0.356. The third-order valence-corrected chi connectivity index (χ3v) is 4.78. The standard InChI is InChI=1S/2C10H7N3S.CH4/c2*1-2-4-8-7(3-1)12-10(13-8)9-5-14-6-11-9;/h2*1-6H,(H,12,13);1H4/i1D,2D,3D,4D,5D,6D;;/hD. The maximum atomic E-state index is 7.99. The van der Waals surface area contributed by atoms with Gasteiger partial charge >= 0.3 is 0 Å². The predicted molar refractivity (Wildman–Crippen MR) is 121 cm³/mol. The van der Waals surface area contributed by atoms with Crippen LogP contribution in [0.4, 0.5) is 0 Å². The highest BCUT2D eigenvalue weighted by atomic mass is 32.1. The fraction of sp³-hybridized carbons (Fsp3) is 0.0476. The summed E-state index contributed by atoms with van der Waals surface area (Å²) in [5.74, 6) is 0.768. The zero-order valence-corrected chi connectivity index (χ0v) is 15.6. The molecule has 0 aliphatic heterocycles. The minimum Gasteiger partial charge on any atom is -0.337 e. The molecule has 6 nitrogen and oxygen atoms in total. The number of aromatic nitrogens is 6. The first kappa shape index (κ1) is 12.3. The van der Waals surface area contributed by atoms with E-state index in [1.807, 2.05) is 35.2 Å². The van der Waals surface area contributed by atoms with Crippen LogP contribution in [-0.4, -0.2) is 29.9 Å². The van der Waals surface area contributed by atoms with E-state index < -0.39 is 12.1 Å². The van der Waals surface area contributed by atoms with E-state index in [0.717, 1.165) is 38.9 Å². The molecule has 6 rings (SSSR count). The number of nitrogens with zero attached hydrogens (tertiary/aromatic N) is 4. The van der Waals surface area contributed by atoms with Gasteiger partial charge in [0.1, 0.15) is 11.4 Å². The summed E-state index contributed by atoms with van der Waals surface area (Å²) < 4.78 is 54.0. The Kier molecular flexibility index (Phi) is 3.52. The van der Waals surface area contributed by atoms with E-state index >= 15 is 0 Å². The molecule has 0 saturated heterocycles. The van der Waals surface area contributed by atoms with E-state index in [4.69, 9.17) is 9.64 Å². The Morgan fingerprint density at radius 1 is 0.897 bits per heavy atom. The first-order chi connectivity index (χ1) is 16.8. The number of aromatic amines is 2. The van der Waals surface area contributed by atoms with Crippen LogP contribution in [0.5, 0.6) is 0 Å². The maximum Gasteiger partial charge on any atom is 0.168 e. The molecule has 6 aromatic rings. The lowest BCUT2D eigenvalue weighted by Crippen LogP contribution is -1.77. The topological polar surface area (TPSA) is 83.1 Å². The van der Waals surface area contributed by atoms with Crippen molar-refractivity contribution < 1.29 is 9.64 Å². The monoisotopic (exact) mass is 425 g/mol. The Labute approximate surface area is 185 Å². The van der Waals surface area contributed by atoms with Gasteiger partial charge in [0.05, 0.1) is 41.3 Å². The summed E-state index contributed by atoms with van der Waals surface area (Å²) in [6, 6.07) is 6.39. The van der Waals surface area contributed by atoms with Crippen molar-refractivity contribution in [3.05, 3.63) is 70.2 Å². The van der Waals surface area contributed by atoms with E-state index in [1.54, 1.807) is 11.3 Å². The highest BCUT2D eigenvalue weighted by molar-refractivity contribution is 7.08. The Morgan fingerprint density at radius 2 is 1.76 bits per heavy atom. The summed E-state index contributed by atoms with van der Waals surface area (Å²) in [5.41, 5.74) is 4.55. The molecule has 8 heteroatoms. The summed E-state index contributed by atoms with van der Waals surface area (Å²) in [7, 11) is 0. The Bertz CT molecular complexity index is 1660. The third-order valence-electron chi connectivity index (χ3n) is 3.71. The normalized spacial score (nSPS) is 13.9. The zero-order chi connectivity index (χ0) is 24.9. The van der Waals surface area contributed by atoms with Gasteiger partial charge in [0, 0.05) is 10.7 Å². The number of rotatable bonds is 2. The van der Waals surface area contributed by atoms with Crippen LogP contribution in [-0.2, 0) is 0 Å². The van der Waals surface area contributed by atoms with Gasteiger partial charge in [0.2, 0.25) is 0 Å². The number of thiazole rings is 2. The van der Waals surface area contributed by atoms with Crippen molar-refractivity contribution in [1.29, 1.82) is 0 Å². The number of H-pyrrole nitrogens is 2. The van der Waals surface area contributed by atoms with Crippen molar-refractivity contribution in [1.82, 2.24) is 29.9 Å². The molecule has 0 unspecified atom stereocenters. The molecule has 0 atom stereocenters. The lowest BCUT2D eigenvalue weighted by Gasteiger charge is -1.84. The Hall–Kier alpha value is -3.36. The zero-order valence-electron chi connectivity index (χ0n) is 21.0. The second-order valence-electron chi connectivity index (χ2n) is 5.48. The molecule has 144 valence electrons. The summed E-state index contributed by atoms with van der Waals surface area (Å²) in [6.45, 7) is 0. The van der Waals surface area contributed by atoms with E-state index in [9.17, 15) is 0 Å². The molecule has 0 radical (unpaired) electrons. The summed E-state index contributed by atoms with van der Waals surface area (Å²) in [6.07, 6.45) is 0. The molecule has 4 heterocycles. The molecule has 0 spiro atoms. The predicted octanol–water partition coefficient (Wildman–Crippen LogP) is 6.01. The fourth-order valence-electron chi connectivity index (χ4n) is 2.47. The lowest BCUT2D eigenvalue weighted by atomic mass is 10.3. The minimum atomic E-state index is -0.446. The minimum absolute atomic E-state index is 0. The Balaban J connectivity index is 0.000000176. The number of hydrogen-bond acceptors (Lipinski definition) is 6. The molecule has 29 heavy (non-hydrogen) atoms. The lowest BCUT2D eigenvalue weighted by molar-refractivity contribution is 1.27. The highest BCUT2D eigenvalue weighted by Gasteiger charge is 2.06. The molecule has 0 aliphatic carbocycles. The van der Waals surface area contributed by atoms with Gasteiger partial charge in [-0.15, -0.1) is 22.7 Å². The van der Waals surface area contributed by atoms with Crippen LogP contribution in [0.15, 0.2) is 70.2 Å². The van der Waals surface area contributed by atoms with Crippen molar-refractivity contribution in [2.75, 3.05) is 0 Å². The van der Waals surface area contributed by atoms with Crippen LogP contribution in [0, 0.1) is 0 Å². The number of nitrogens with one attached hydrogen (secondary N) is 2. The van der Waals surface area contributed by atoms with Crippen molar-refractivity contribution >= 4 is 44.7 Å². The van der Waals surface area contributed by atoms with E-state index in [1.165, 1.54) is 0 Å². The second kappa shape index (κ2) is 8.34. The van der Waals surface area contributed by atoms with Gasteiger partial charge in [0.15, 0.2) is 13.1 Å². The number of hydrogen-bond donors (Lipinski definition) is 2. The number of para-hydroxylation sites is 4. The van der Waals surface area contributed by atoms with Crippen molar-refractivity contribution in [3.8, 4) is 23.0 Å². The molecule has 4 aromatic heterocycles. The van der Waals surface area contributed by atoms with Crippen LogP contribution in [0.2, 0.25) is 1.41 Å². The molecule has 0 saturated carbocycles. The first-order valence-electron chi connectivity index (χ1n) is 11.5. The number of benzene rings is 2. The van der Waals surface area contributed by atoms with Gasteiger partial charge in [-0.25, -0.2) is 19.9 Å². The maximum absolute atomic E-state index is 7.99. The van der Waals surface area contributed by atoms with Gasteiger partial charge in [-0.1, -0.05) is 31.6 Å². The average Bonchev–Trinajstić information content (AvgIpc) is 3.62. The van der Waals surface area contributed by atoms with Crippen molar-refractivity contribution in [3.63, 3.8) is 0 Å². The van der Waals surface area contributed by atoms with Crippen molar-refractivity contribution in [2.24, 2.45) is 0 Å². The number of fused-ring (bicyclic) bond motifs is 2. The van der Waals surface area contributed by atoms with E-state index in [-0.39, 0.29) is 52.9 Å². The number of imidazole rings is 2. The summed E-state index contributed by atoms with van der Waals surface area (Å²) in [5, 5.41) is 1.94. The van der Waals surface area contributed by atoms with Crippen LogP contribution < -0.4 is 0 Å². The van der Waals surface area contributed by atoms with Crippen LogP contribution in [0.1, 0.15) is 15.7 Å². The largest absolute Gasteiger partial charge is 0.337 e. The average molecular weight is 426 g/mol. The van der Waals surface area contributed by atoms with E-state index in [2.05, 4.69) is 24.9 Å². The van der Waals surface area contributed by atoms with Gasteiger partial charge in [-0.3, -0.25) is 0 Å². The highest BCUT2D eigenvalue weighted by Crippen LogP contribution is 2.20. The molecular weight excluding hydrogens is 400 g/mol. The van der Waals surface area contributed by atoms with Crippen LogP contribution in [0.25, 0.3) is 45.1 Å². The first-order valence-corrected chi connectivity index (χ1v) is 9.78. The SMILES string of the molecule is C.[2H]c1nc(-c2nc3c([2H])c([2H])c([2H])c([2H])c3n2[2H])c([2H])s1.c1ccc2[nH]c(-c3cscn3)nc2c1. The second-order valence-corrected chi connectivity index (χ2v) is 6.79. The molecule has 2 aromatic carbocycles. The van der Waals surface area contributed by atoms with Crippen LogP contribution in [0.3, 0.4) is 0 Å². The fourth-order valence-corrected chi connectivity index (χ4v) is 3.42. The van der Waals surface area contributed by atoms with Gasteiger partial charge in [-0.05, 0) is 24.2 Å². The molecular formula is C21H18N6S2. The summed E-state index contributed by atoms with van der Waals surface area (Å²) in [4.78, 5) is 20.5. The van der Waals surface area contributed by atoms with Crippen molar-refractivity contribution in [2.45, 2.75) is 7.43 Å². The Morgan fingerprint density at radius 3 is 2.55 bits per heavy atom. The van der Waals surface area contributed by atoms with E-state index in [0.29, 0.717) is 0 Å². The molecule has 0 aliphatic rings. The van der Waals surface area contributed by atoms with Gasteiger partial charge in [0.25, 0.3) is 0 Å². The molecule has 2 N–H and O–H groups in total. The summed E-state index contributed by atoms with van der Waals surface area (Å²) >= 11 is 2.39. The molecule has 0 fully saturated rings. The third kappa shape index (κ3) is 3.94. The van der Waals surface area contributed by atoms with Gasteiger partial charge < -0.3 is 9.96 Å².